The molecule has 0 bridgehead atoms. The van der Waals surface area contributed by atoms with Gasteiger partial charge in [-0.05, 0) is 38.5 Å². The van der Waals surface area contributed by atoms with Gasteiger partial charge in [-0.3, -0.25) is 54.3 Å². The molecule has 41 heteroatoms. The maximum atomic E-state index is 10.9. The van der Waals surface area contributed by atoms with Crippen molar-refractivity contribution in [1.82, 2.24) is 104 Å². The Morgan fingerprint density at radius 3 is 0.776 bits per heavy atom. The number of likely N-dealkylation sites (N-methyl/N-ethyl adjacent to an activating group) is 5. The minimum atomic E-state index is -0.376. The number of hydrogen-bond donors (Lipinski definition) is 1. The van der Waals surface area contributed by atoms with E-state index in [4.69, 9.17) is 9.47 Å². The second-order valence-electron chi connectivity index (χ2n) is 22.5. The van der Waals surface area contributed by atoms with Crippen LogP contribution in [-0.2, 0) is 33.4 Å². The summed E-state index contributed by atoms with van der Waals surface area (Å²) in [7, 11) is 39.0. The summed E-state index contributed by atoms with van der Waals surface area (Å²) in [5.41, 5.74) is 0. The van der Waals surface area contributed by atoms with Gasteiger partial charge in [0.25, 0.3) is 0 Å². The van der Waals surface area contributed by atoms with E-state index in [-0.39, 0.29) is 698 Å². The van der Waals surface area contributed by atoms with Gasteiger partial charge in [-0.25, -0.2) is 69.9 Å². The second-order valence-corrected chi connectivity index (χ2v) is 24.9. The summed E-state index contributed by atoms with van der Waals surface area (Å²) in [5.74, 6) is 2.68. The zero-order chi connectivity index (χ0) is 65.8. The van der Waals surface area contributed by atoms with Crippen LogP contribution in [0.5, 0.6) is 0 Å². The Morgan fingerprint density at radius 2 is 0.551 bits per heavy atom. The molecule has 0 unspecified atom stereocenters. The zero-order valence-corrected chi connectivity index (χ0v) is 128. The van der Waals surface area contributed by atoms with E-state index in [0.717, 1.165) is 78.8 Å². The number of nitrogens with one attached hydrogen (secondary N) is 1. The third-order valence-electron chi connectivity index (χ3n) is 15.8. The van der Waals surface area contributed by atoms with E-state index >= 15 is 0 Å². The van der Waals surface area contributed by atoms with Gasteiger partial charge in [-0.1, -0.05) is 42.5 Å². The molecule has 10 aliphatic heterocycles. The van der Waals surface area contributed by atoms with Gasteiger partial charge < -0.3 is 83.7 Å². The van der Waals surface area contributed by atoms with Crippen molar-refractivity contribution >= 4 is 59.5 Å². The number of urea groups is 1. The molecular weight excluding hydrogens is 2130 g/mol. The van der Waals surface area contributed by atoms with Gasteiger partial charge in [0.15, 0.2) is 0 Å². The molecule has 0 aromatic heterocycles. The van der Waals surface area contributed by atoms with Crippen molar-refractivity contribution < 1.29 is 620 Å². The van der Waals surface area contributed by atoms with Crippen molar-refractivity contribution in [3.63, 3.8) is 0 Å². The number of hydrogen-bond acceptors (Lipinski definition) is 25. The number of hydrazine groups is 10. The average Bonchev–Trinajstić information content (AvgIpc) is 1.13. The minimum absolute atomic E-state index is 0. The Balaban J connectivity index is -0.0000000428. The van der Waals surface area contributed by atoms with Gasteiger partial charge in [0.05, 0.1) is 19.8 Å². The molecule has 1 N–H and O–H groups in total. The van der Waals surface area contributed by atoms with Crippen LogP contribution in [0.3, 0.4) is 0 Å². The summed E-state index contributed by atoms with van der Waals surface area (Å²) in [6.45, 7) is 14.5. The Bertz CT molecular complexity index is 1840. The van der Waals surface area contributed by atoms with Crippen molar-refractivity contribution in [3.8, 4) is 0 Å². The number of nitrogens with zero attached hydrogens (tertiary/aromatic N) is 20. The maximum absolute atomic E-state index is 10.9. The summed E-state index contributed by atoms with van der Waals surface area (Å²) < 4.78 is 14.6. The predicted molar refractivity (Wildman–Crippen MR) is 413 cm³/mol. The summed E-state index contributed by atoms with van der Waals surface area (Å²) in [6.07, 6.45) is 15.3. The van der Waals surface area contributed by atoms with Gasteiger partial charge in [0, 0.05) is 244 Å². The van der Waals surface area contributed by atoms with Crippen molar-refractivity contribution in [2.45, 2.75) is 70.6 Å². The molecule has 9 fully saturated rings. The molecular formula is C66H149N21O8Rb10S2. The molecule has 0 aromatic rings. The molecule has 0 saturated carbocycles. The van der Waals surface area contributed by atoms with Crippen LogP contribution in [0, 0.1) is 74.3 Å². The summed E-state index contributed by atoms with van der Waals surface area (Å²) in [6, 6.07) is -0.376. The molecule has 0 aromatic carbocycles. The predicted octanol–water partition coefficient (Wildman–Crippen LogP) is -24.2. The fourth-order valence-corrected chi connectivity index (χ4v) is 10.0. The Labute approximate surface area is 1160 Å². The summed E-state index contributed by atoms with van der Waals surface area (Å²) >= 11 is 3.73. The number of carbonyl (C=O) groups is 6. The average molecular weight is 2280 g/mol. The number of rotatable bonds is 0. The summed E-state index contributed by atoms with van der Waals surface area (Å²) in [4.78, 5) is 64.9. The molecule has 9 saturated heterocycles. The monoisotopic (exact) mass is 2280 g/mol. The van der Waals surface area contributed by atoms with Crippen molar-refractivity contribution in [3.05, 3.63) is 86.4 Å². The van der Waals surface area contributed by atoms with Crippen LogP contribution in [0.1, 0.15) is 70.6 Å². The van der Waals surface area contributed by atoms with Gasteiger partial charge >= 0.3 is 588 Å². The van der Waals surface area contributed by atoms with Crippen LogP contribution < -0.4 is 587 Å². The first-order valence-corrected chi connectivity index (χ1v) is 32.3. The van der Waals surface area contributed by atoms with E-state index in [9.17, 15) is 28.8 Å². The third-order valence-corrected chi connectivity index (χ3v) is 18.2. The fraction of sp³-hybridized carbons (Fsp3) is 0.727. The Hall–Kier alpha value is 14.6. The zero-order valence-electron chi connectivity index (χ0n) is 77.5. The van der Waals surface area contributed by atoms with Crippen molar-refractivity contribution in [2.24, 2.45) is 0 Å². The molecule has 0 aliphatic carbocycles. The smallest absolute Gasteiger partial charge is 0.363 e. The normalized spacial score (nSPS) is 19.6. The van der Waals surface area contributed by atoms with Crippen LogP contribution in [-0.4, -0.2) is 386 Å². The van der Waals surface area contributed by atoms with Gasteiger partial charge in [0.2, 0.25) is 29.5 Å². The molecule has 29 nitrogen and oxygen atoms in total. The van der Waals surface area contributed by atoms with E-state index in [0.29, 0.717) is 25.7 Å². The number of amides is 7. The number of imide groups is 1. The van der Waals surface area contributed by atoms with Crippen molar-refractivity contribution in [1.29, 1.82) is 0 Å². The second kappa shape index (κ2) is 106. The Kier molecular flexibility index (Phi) is 170. The van der Waals surface area contributed by atoms with E-state index in [1.807, 2.05) is 86.2 Å². The number of carbonyl (C=O) groups excluding carboxylic acids is 6. The van der Waals surface area contributed by atoms with E-state index in [2.05, 4.69) is 137 Å². The van der Waals surface area contributed by atoms with Gasteiger partial charge in [0.1, 0.15) is 13.5 Å². The summed E-state index contributed by atoms with van der Waals surface area (Å²) in [5, 5.41) is 36.8. The minimum Gasteiger partial charge on any atom is -0.363 e. The van der Waals surface area contributed by atoms with Crippen LogP contribution >= 0.6 is 23.9 Å². The Morgan fingerprint density at radius 1 is 0.290 bits per heavy atom. The molecule has 588 valence electrons. The molecule has 0 spiro atoms. The molecule has 10 heterocycles. The van der Waals surface area contributed by atoms with Crippen LogP contribution in [0.15, 0.2) is 12.2 Å². The van der Waals surface area contributed by atoms with Gasteiger partial charge in [-0.15, -0.1) is 0 Å². The van der Waals surface area contributed by atoms with Crippen LogP contribution in [0.2, 0.25) is 0 Å². The topological polar surface area (TPSA) is 198 Å². The molecule has 10 rings (SSSR count). The first-order chi connectivity index (χ1) is 41.0. The van der Waals surface area contributed by atoms with E-state index < -0.39 is 0 Å². The quantitative estimate of drug-likeness (QED) is 0.136. The molecule has 0 atom stereocenters. The third kappa shape index (κ3) is 83.5. The first kappa shape index (κ1) is 171. The largest absolute Gasteiger partial charge is 1.00 e. The van der Waals surface area contributed by atoms with Crippen LogP contribution in [0.25, 0.3) is 0 Å². The molecule has 10 aliphatic rings. The maximum Gasteiger partial charge on any atom is 1.00 e. The fourth-order valence-electron chi connectivity index (χ4n) is 8.28. The van der Waals surface area contributed by atoms with Gasteiger partial charge in [-0.2, -0.15) is 8.83 Å². The standard InChI is InChI=1S/C7H16N2.C6H10N2O2.2C6H12N2O.C6H14N2.C6H12N2.C5H9N3O2.2C5H12N2O.C4H10N2S2.10CH3.10Rb/c1-8-6-4-3-5-7-9(8)2;1-7-5(9)3-4-6(10)8(7)2;2*1-7-5-3-4-6(9)8(7)2;2*1-7-5-3-4-6-8(7)2;1-7-3-4(9)6-5(10)8(7)2;2*1-6-3-4-8-5-7(6)2;1-5-6(2)8-4-3-7-5;;;;;;;;;;;;;;;;;;;;/h3-7H2,1-2H3;3-4H2,1-2H3;2*3-5H2,1-2H3;3-6H2,1-2H3;3-4H,5-6H2,1-2H3;3H2,1-2H3,(H,6,9,10);2*3-5H2,1-2H3;3-4H2,1-2H3;10*1H3;;;;;;;;;;/q;;;;;;;;;;10*-1;10*+1. The SMILES string of the molecule is CN1C(=O)CCC(=O)N1C.CN1CC(=O)NC(=O)N1C.CN1CC=CCN1C.CN1CCCC(=O)N1C.CN1CCCC(=O)N1C.CN1CCCCCN1C.CN1CCCCN1C.CN1CCOCN1C.CN1CCOCN1C.CN1SCCSN1C.[CH3-].[CH3-].[CH3-].[CH3-].[CH3-].[CH3-].[CH3-].[CH3-].[CH3-].[CH3-].[Rb+].[Rb+].[Rb+].[Rb+].[Rb+].[Rb+].[Rb+].[Rb+].[Rb+].[Rb+]. The molecule has 0 radical (unpaired) electrons. The molecule has 7 amide bonds. The molecule has 107 heavy (non-hydrogen) atoms. The first-order valence-electron chi connectivity index (χ1n) is 30.4. The van der Waals surface area contributed by atoms with E-state index in [1.54, 1.807) is 43.2 Å². The van der Waals surface area contributed by atoms with Crippen molar-refractivity contribution in [2.75, 3.05) is 251 Å². The van der Waals surface area contributed by atoms with Crippen LogP contribution in [0.4, 0.5) is 4.79 Å². The number of ether oxygens (including phenoxy) is 2. The van der Waals surface area contributed by atoms with E-state index in [1.165, 1.54) is 84.8 Å².